The lowest BCUT2D eigenvalue weighted by Crippen LogP contribution is -2.10. The summed E-state index contributed by atoms with van der Waals surface area (Å²) in [6, 6.07) is 9.51. The van der Waals surface area contributed by atoms with E-state index < -0.39 is 0 Å². The van der Waals surface area contributed by atoms with Gasteiger partial charge >= 0.3 is 0 Å². The molecule has 19 heavy (non-hydrogen) atoms. The summed E-state index contributed by atoms with van der Waals surface area (Å²) in [7, 11) is 0. The number of carbonyl (C=O) groups is 1. The van der Waals surface area contributed by atoms with Crippen LogP contribution in [0.1, 0.15) is 24.8 Å². The van der Waals surface area contributed by atoms with Crippen molar-refractivity contribution in [2.24, 2.45) is 0 Å². The lowest BCUT2D eigenvalue weighted by molar-refractivity contribution is -0.116. The number of benzene rings is 1. The van der Waals surface area contributed by atoms with Crippen molar-refractivity contribution in [3.63, 3.8) is 0 Å². The van der Waals surface area contributed by atoms with Crippen LogP contribution >= 0.6 is 11.3 Å². The summed E-state index contributed by atoms with van der Waals surface area (Å²) in [6.07, 6.45) is 1.31. The van der Waals surface area contributed by atoms with E-state index >= 15 is 0 Å². The predicted octanol–water partition coefficient (Wildman–Crippen LogP) is 2.86. The Morgan fingerprint density at radius 2 is 2.11 bits per heavy atom. The van der Waals surface area contributed by atoms with Gasteiger partial charge in [0.05, 0.1) is 0 Å². The van der Waals surface area contributed by atoms with Crippen molar-refractivity contribution in [2.75, 3.05) is 5.32 Å². The number of rotatable bonds is 6. The highest BCUT2D eigenvalue weighted by atomic mass is 32.1. The molecule has 0 bridgehead atoms. The van der Waals surface area contributed by atoms with Crippen molar-refractivity contribution in [3.05, 3.63) is 35.3 Å². The van der Waals surface area contributed by atoms with E-state index in [1.54, 1.807) is 0 Å². The van der Waals surface area contributed by atoms with Crippen LogP contribution in [0.25, 0.3) is 0 Å². The van der Waals surface area contributed by atoms with E-state index in [1.807, 2.05) is 37.3 Å². The van der Waals surface area contributed by atoms with E-state index in [2.05, 4.69) is 15.5 Å². The van der Waals surface area contributed by atoms with E-state index in [4.69, 9.17) is 4.74 Å². The summed E-state index contributed by atoms with van der Waals surface area (Å²) in [6.45, 7) is 2.31. The monoisotopic (exact) mass is 277 g/mol. The zero-order chi connectivity index (χ0) is 13.5. The second kappa shape index (κ2) is 6.84. The van der Waals surface area contributed by atoms with E-state index in [1.165, 1.54) is 11.3 Å². The number of para-hydroxylation sites is 1. The molecule has 1 N–H and O–H groups in total. The zero-order valence-corrected chi connectivity index (χ0v) is 11.4. The summed E-state index contributed by atoms with van der Waals surface area (Å²) in [5, 5.41) is 11.8. The van der Waals surface area contributed by atoms with Crippen molar-refractivity contribution in [1.29, 1.82) is 0 Å². The molecule has 100 valence electrons. The Labute approximate surface area is 115 Å². The summed E-state index contributed by atoms with van der Waals surface area (Å²) in [5.41, 5.74) is 0. The smallest absolute Gasteiger partial charge is 0.226 e. The molecule has 0 unspecified atom stereocenters. The Bertz CT molecular complexity index is 528. The number of ether oxygens (including phenoxy) is 1. The van der Waals surface area contributed by atoms with Gasteiger partial charge in [-0.05, 0) is 18.6 Å². The predicted molar refractivity (Wildman–Crippen MR) is 74.2 cm³/mol. The van der Waals surface area contributed by atoms with Gasteiger partial charge in [0.15, 0.2) is 5.01 Å². The van der Waals surface area contributed by atoms with Crippen molar-refractivity contribution < 1.29 is 9.53 Å². The molecule has 1 heterocycles. The van der Waals surface area contributed by atoms with Crippen molar-refractivity contribution >= 4 is 22.4 Å². The largest absolute Gasteiger partial charge is 0.486 e. The molecule has 6 heteroatoms. The minimum atomic E-state index is -0.0332. The van der Waals surface area contributed by atoms with Gasteiger partial charge in [0.2, 0.25) is 11.0 Å². The Balaban J connectivity index is 1.85. The van der Waals surface area contributed by atoms with Crippen LogP contribution in [-0.4, -0.2) is 16.1 Å². The Morgan fingerprint density at radius 1 is 1.32 bits per heavy atom. The van der Waals surface area contributed by atoms with Crippen LogP contribution in [0.4, 0.5) is 5.13 Å². The number of hydrogen-bond donors (Lipinski definition) is 1. The van der Waals surface area contributed by atoms with E-state index in [0.29, 0.717) is 18.2 Å². The fourth-order valence-corrected chi connectivity index (χ4v) is 2.10. The molecule has 1 aromatic carbocycles. The maximum Gasteiger partial charge on any atom is 0.226 e. The van der Waals surface area contributed by atoms with Crippen molar-refractivity contribution in [1.82, 2.24) is 10.2 Å². The zero-order valence-electron chi connectivity index (χ0n) is 10.6. The number of hydrogen-bond acceptors (Lipinski definition) is 5. The summed E-state index contributed by atoms with van der Waals surface area (Å²) in [5.74, 6) is 0.753. The Kier molecular flexibility index (Phi) is 4.85. The maximum atomic E-state index is 11.4. The van der Waals surface area contributed by atoms with Gasteiger partial charge in [0.25, 0.3) is 0 Å². The average molecular weight is 277 g/mol. The lowest BCUT2D eigenvalue weighted by atomic mass is 10.3. The maximum absolute atomic E-state index is 11.4. The molecule has 2 aromatic rings. The molecule has 0 saturated heterocycles. The van der Waals surface area contributed by atoms with E-state index in [9.17, 15) is 4.79 Å². The summed E-state index contributed by atoms with van der Waals surface area (Å²) >= 11 is 1.33. The van der Waals surface area contributed by atoms with Crippen LogP contribution in [0.3, 0.4) is 0 Å². The van der Waals surface area contributed by atoms with Crippen molar-refractivity contribution in [3.8, 4) is 5.75 Å². The van der Waals surface area contributed by atoms with E-state index in [0.717, 1.165) is 17.2 Å². The molecular weight excluding hydrogens is 262 g/mol. The third-order valence-electron chi connectivity index (χ3n) is 2.30. The molecule has 0 radical (unpaired) electrons. The minimum Gasteiger partial charge on any atom is -0.486 e. The number of aromatic nitrogens is 2. The third kappa shape index (κ3) is 4.33. The van der Waals surface area contributed by atoms with Gasteiger partial charge in [-0.1, -0.05) is 36.5 Å². The molecule has 0 atom stereocenters. The standard InChI is InChI=1S/C13H15N3O2S/c1-2-6-11(17)14-13-16-15-12(19-13)9-18-10-7-4-3-5-8-10/h3-5,7-8H,2,6,9H2,1H3,(H,14,16,17). The van der Waals surface area contributed by atoms with Crippen LogP contribution in [0.15, 0.2) is 30.3 Å². The second-order valence-electron chi connectivity index (χ2n) is 3.90. The number of nitrogens with one attached hydrogen (secondary N) is 1. The first-order valence-corrected chi connectivity index (χ1v) is 6.89. The number of anilines is 1. The molecule has 2 rings (SSSR count). The van der Waals surface area contributed by atoms with Gasteiger partial charge in [-0.3, -0.25) is 4.79 Å². The highest BCUT2D eigenvalue weighted by molar-refractivity contribution is 7.15. The van der Waals surface area contributed by atoms with Gasteiger partial charge in [0.1, 0.15) is 12.4 Å². The molecule has 0 aliphatic carbocycles. The molecule has 5 nitrogen and oxygen atoms in total. The average Bonchev–Trinajstić information content (AvgIpc) is 2.85. The van der Waals surface area contributed by atoms with E-state index in [-0.39, 0.29) is 5.91 Å². The summed E-state index contributed by atoms with van der Waals surface area (Å²) < 4.78 is 5.55. The SMILES string of the molecule is CCCC(=O)Nc1nnc(COc2ccccc2)s1. The fraction of sp³-hybridized carbons (Fsp3) is 0.308. The third-order valence-corrected chi connectivity index (χ3v) is 3.11. The normalized spacial score (nSPS) is 10.2. The van der Waals surface area contributed by atoms with Gasteiger partial charge in [-0.2, -0.15) is 0 Å². The minimum absolute atomic E-state index is 0.0332. The van der Waals surface area contributed by atoms with Crippen molar-refractivity contribution in [2.45, 2.75) is 26.4 Å². The number of amides is 1. The Hall–Kier alpha value is -1.95. The molecule has 0 saturated carbocycles. The van der Waals surface area contributed by atoms with Crippen LogP contribution < -0.4 is 10.1 Å². The molecule has 1 aromatic heterocycles. The topological polar surface area (TPSA) is 64.1 Å². The van der Waals surface area contributed by atoms with Crippen LogP contribution in [0, 0.1) is 0 Å². The lowest BCUT2D eigenvalue weighted by Gasteiger charge is -2.01. The molecular formula is C13H15N3O2S. The summed E-state index contributed by atoms with van der Waals surface area (Å²) in [4.78, 5) is 11.4. The first-order chi connectivity index (χ1) is 9.28. The Morgan fingerprint density at radius 3 is 2.84 bits per heavy atom. The fourth-order valence-electron chi connectivity index (χ4n) is 1.43. The van der Waals surface area contributed by atoms with Gasteiger partial charge in [0, 0.05) is 6.42 Å². The van der Waals surface area contributed by atoms with Crippen LogP contribution in [0.5, 0.6) is 5.75 Å². The number of carbonyl (C=O) groups excluding carboxylic acids is 1. The van der Waals surface area contributed by atoms with Gasteiger partial charge in [-0.25, -0.2) is 0 Å². The molecule has 0 spiro atoms. The first kappa shape index (κ1) is 13.5. The second-order valence-corrected chi connectivity index (χ2v) is 4.96. The number of nitrogens with zero attached hydrogens (tertiary/aromatic N) is 2. The van der Waals surface area contributed by atoms with Crippen LogP contribution in [0.2, 0.25) is 0 Å². The molecule has 0 fully saturated rings. The van der Waals surface area contributed by atoms with Gasteiger partial charge in [-0.15, -0.1) is 10.2 Å². The van der Waals surface area contributed by atoms with Gasteiger partial charge < -0.3 is 10.1 Å². The first-order valence-electron chi connectivity index (χ1n) is 6.08. The highest BCUT2D eigenvalue weighted by Crippen LogP contribution is 2.18. The van der Waals surface area contributed by atoms with Crippen LogP contribution in [-0.2, 0) is 11.4 Å². The molecule has 0 aliphatic heterocycles. The molecule has 1 amide bonds. The quantitative estimate of drug-likeness (QED) is 0.881. The molecule has 0 aliphatic rings. The highest BCUT2D eigenvalue weighted by Gasteiger charge is 2.07.